The molecule has 0 saturated heterocycles. The first-order valence-electron chi connectivity index (χ1n) is 3.75. The molecule has 1 unspecified atom stereocenters. The molecule has 11 heavy (non-hydrogen) atoms. The maximum absolute atomic E-state index is 5.04. The van der Waals surface area contributed by atoms with Crippen molar-refractivity contribution in [1.82, 2.24) is 5.32 Å². The summed E-state index contributed by atoms with van der Waals surface area (Å²) in [5.41, 5.74) is 1.19. The van der Waals surface area contributed by atoms with Crippen LogP contribution in [0.3, 0.4) is 0 Å². The van der Waals surface area contributed by atoms with E-state index in [2.05, 4.69) is 5.32 Å². The van der Waals surface area contributed by atoms with Gasteiger partial charge in [0.1, 0.15) is 0 Å². The molecule has 64 valence electrons. The lowest BCUT2D eigenvalue weighted by molar-refractivity contribution is 0.156. The van der Waals surface area contributed by atoms with Gasteiger partial charge in [-0.2, -0.15) is 0 Å². The molecule has 1 N–H and O–H groups in total. The van der Waals surface area contributed by atoms with E-state index in [0.717, 1.165) is 0 Å². The van der Waals surface area contributed by atoms with Crippen LogP contribution in [-0.2, 0) is 4.74 Å². The second-order valence-corrected chi connectivity index (χ2v) is 2.48. The lowest BCUT2D eigenvalue weighted by atomic mass is 10.2. The van der Waals surface area contributed by atoms with Gasteiger partial charge in [0.15, 0.2) is 0 Å². The number of hydrogen-bond acceptors (Lipinski definition) is 2. The van der Waals surface area contributed by atoms with E-state index in [0.29, 0.717) is 0 Å². The molecule has 0 saturated carbocycles. The maximum atomic E-state index is 5.04. The minimum Gasteiger partial charge on any atom is -0.394 e. The summed E-state index contributed by atoms with van der Waals surface area (Å²) in [6, 6.07) is 0. The van der Waals surface area contributed by atoms with Crippen molar-refractivity contribution in [1.29, 1.82) is 0 Å². The molecule has 0 spiro atoms. The first kappa shape index (κ1) is 10.2. The fourth-order valence-electron chi connectivity index (χ4n) is 0.642. The highest BCUT2D eigenvalue weighted by Gasteiger charge is 1.89. The number of nitrogens with one attached hydrogen (secondary N) is 1. The third-order valence-electron chi connectivity index (χ3n) is 1.37. The van der Waals surface area contributed by atoms with Gasteiger partial charge in [0.2, 0.25) is 0 Å². The summed E-state index contributed by atoms with van der Waals surface area (Å²) in [5, 5.41) is 2.96. The number of methoxy groups -OCH3 is 1. The Morgan fingerprint density at radius 2 is 2.18 bits per heavy atom. The van der Waals surface area contributed by atoms with Crippen LogP contribution in [0.1, 0.15) is 13.8 Å². The van der Waals surface area contributed by atoms with Gasteiger partial charge >= 0.3 is 0 Å². The molecule has 0 radical (unpaired) electrons. The van der Waals surface area contributed by atoms with Gasteiger partial charge in [0.05, 0.1) is 6.10 Å². The van der Waals surface area contributed by atoms with Gasteiger partial charge in [-0.25, -0.2) is 0 Å². The predicted molar refractivity (Wildman–Crippen MR) is 48.4 cm³/mol. The molecule has 0 heterocycles. The summed E-state index contributed by atoms with van der Waals surface area (Å²) < 4.78 is 5.04. The van der Waals surface area contributed by atoms with Crippen LogP contribution in [-0.4, -0.2) is 20.3 Å². The van der Waals surface area contributed by atoms with Gasteiger partial charge in [-0.3, -0.25) is 0 Å². The van der Waals surface area contributed by atoms with E-state index in [1.165, 1.54) is 5.57 Å². The molecule has 0 aliphatic rings. The first-order chi connectivity index (χ1) is 5.20. The molecule has 0 aromatic heterocycles. The molecular weight excluding hydrogens is 138 g/mol. The van der Waals surface area contributed by atoms with E-state index in [1.54, 1.807) is 7.11 Å². The van der Waals surface area contributed by atoms with Gasteiger partial charge < -0.3 is 10.1 Å². The van der Waals surface area contributed by atoms with Crippen molar-refractivity contribution in [3.05, 3.63) is 23.9 Å². The molecule has 0 fully saturated rings. The van der Waals surface area contributed by atoms with Crippen LogP contribution in [0.4, 0.5) is 0 Å². The van der Waals surface area contributed by atoms with Gasteiger partial charge in [-0.05, 0) is 25.6 Å². The molecular formula is C9H17NO. The van der Waals surface area contributed by atoms with E-state index in [-0.39, 0.29) is 6.10 Å². The molecule has 0 aromatic carbocycles. The number of allylic oxidation sites excluding steroid dienone is 2. The van der Waals surface area contributed by atoms with Crippen molar-refractivity contribution in [3.8, 4) is 0 Å². The van der Waals surface area contributed by atoms with E-state index in [4.69, 9.17) is 4.74 Å². The van der Waals surface area contributed by atoms with Crippen LogP contribution >= 0.6 is 0 Å². The van der Waals surface area contributed by atoms with Crippen LogP contribution in [0.15, 0.2) is 23.9 Å². The molecule has 0 rings (SSSR count). The highest BCUT2D eigenvalue weighted by Crippen LogP contribution is 1.96. The molecule has 2 heteroatoms. The van der Waals surface area contributed by atoms with Crippen molar-refractivity contribution in [2.75, 3.05) is 14.2 Å². The first-order valence-corrected chi connectivity index (χ1v) is 3.75. The number of ether oxygens (including phenoxy) is 1. The van der Waals surface area contributed by atoms with Crippen LogP contribution in [0.2, 0.25) is 0 Å². The molecule has 2 nitrogen and oxygen atoms in total. The van der Waals surface area contributed by atoms with Crippen LogP contribution in [0, 0.1) is 0 Å². The zero-order chi connectivity index (χ0) is 8.69. The van der Waals surface area contributed by atoms with Gasteiger partial charge in [-0.1, -0.05) is 12.2 Å². The van der Waals surface area contributed by atoms with Crippen molar-refractivity contribution in [3.63, 3.8) is 0 Å². The summed E-state index contributed by atoms with van der Waals surface area (Å²) in [7, 11) is 3.59. The molecule has 0 aliphatic heterocycles. The standard InChI is InChI=1S/C9H17NO/c1-8(7-10-3)5-6-9(2)11-4/h5-7,9-10H,1-4H3/b6-5-,8-7+. The third-order valence-corrected chi connectivity index (χ3v) is 1.37. The fraction of sp³-hybridized carbons (Fsp3) is 0.556. The quantitative estimate of drug-likeness (QED) is 0.624. The van der Waals surface area contributed by atoms with E-state index in [1.807, 2.05) is 39.2 Å². The minimum absolute atomic E-state index is 0.190. The molecule has 0 amide bonds. The van der Waals surface area contributed by atoms with Crippen molar-refractivity contribution in [2.24, 2.45) is 0 Å². The monoisotopic (exact) mass is 155 g/mol. The zero-order valence-electron chi connectivity index (χ0n) is 7.72. The van der Waals surface area contributed by atoms with E-state index < -0.39 is 0 Å². The second kappa shape index (κ2) is 5.98. The Kier molecular flexibility index (Phi) is 5.57. The Bertz CT molecular complexity index is 150. The Balaban J connectivity index is 3.81. The van der Waals surface area contributed by atoms with E-state index in [9.17, 15) is 0 Å². The predicted octanol–water partition coefficient (Wildman–Crippen LogP) is 1.70. The Morgan fingerprint density at radius 3 is 2.64 bits per heavy atom. The molecule has 0 bridgehead atoms. The third kappa shape index (κ3) is 5.67. The molecule has 0 aliphatic carbocycles. The van der Waals surface area contributed by atoms with Crippen LogP contribution in [0.5, 0.6) is 0 Å². The average Bonchev–Trinajstić information content (AvgIpc) is 2.01. The van der Waals surface area contributed by atoms with Gasteiger partial charge in [0.25, 0.3) is 0 Å². The lowest BCUT2D eigenvalue weighted by Gasteiger charge is -2.01. The Hall–Kier alpha value is -0.760. The van der Waals surface area contributed by atoms with Gasteiger partial charge in [-0.15, -0.1) is 0 Å². The zero-order valence-corrected chi connectivity index (χ0v) is 7.72. The summed E-state index contributed by atoms with van der Waals surface area (Å²) in [6.45, 7) is 4.04. The summed E-state index contributed by atoms with van der Waals surface area (Å²) in [6.07, 6.45) is 6.18. The highest BCUT2D eigenvalue weighted by atomic mass is 16.5. The van der Waals surface area contributed by atoms with E-state index >= 15 is 0 Å². The number of hydrogen-bond donors (Lipinski definition) is 1. The Labute approximate surface area is 68.9 Å². The topological polar surface area (TPSA) is 21.3 Å². The smallest absolute Gasteiger partial charge is 0.0727 e. The second-order valence-electron chi connectivity index (χ2n) is 2.48. The van der Waals surface area contributed by atoms with Gasteiger partial charge in [0, 0.05) is 14.2 Å². The normalized spacial score (nSPS) is 15.5. The summed E-state index contributed by atoms with van der Waals surface area (Å²) in [5.74, 6) is 0. The summed E-state index contributed by atoms with van der Waals surface area (Å²) in [4.78, 5) is 0. The van der Waals surface area contributed by atoms with Crippen molar-refractivity contribution in [2.45, 2.75) is 20.0 Å². The largest absolute Gasteiger partial charge is 0.394 e. The van der Waals surface area contributed by atoms with Crippen molar-refractivity contribution < 1.29 is 4.74 Å². The SMILES string of the molecule is CN/C=C(C)/C=C\C(C)OC. The molecule has 1 atom stereocenters. The lowest BCUT2D eigenvalue weighted by Crippen LogP contribution is -1.99. The summed E-state index contributed by atoms with van der Waals surface area (Å²) >= 11 is 0. The van der Waals surface area contributed by atoms with Crippen molar-refractivity contribution >= 4 is 0 Å². The highest BCUT2D eigenvalue weighted by molar-refractivity contribution is 5.15. The fourth-order valence-corrected chi connectivity index (χ4v) is 0.642. The average molecular weight is 155 g/mol. The minimum atomic E-state index is 0.190. The van der Waals surface area contributed by atoms with Crippen LogP contribution in [0.25, 0.3) is 0 Å². The number of rotatable bonds is 4. The maximum Gasteiger partial charge on any atom is 0.0727 e. The van der Waals surface area contributed by atoms with Crippen LogP contribution < -0.4 is 5.32 Å². The Morgan fingerprint density at radius 1 is 1.55 bits per heavy atom. The molecule has 0 aromatic rings.